The van der Waals surface area contributed by atoms with Crippen LogP contribution in [-0.4, -0.2) is 50.8 Å². The second kappa shape index (κ2) is 5.66. The third-order valence-electron chi connectivity index (χ3n) is 3.19. The first-order valence-electron chi connectivity index (χ1n) is 6.01. The Hall–Kier alpha value is -0.470. The molecule has 1 aliphatic rings. The number of rotatable bonds is 3. The molecule has 1 aromatic rings. The van der Waals surface area contributed by atoms with Crippen molar-refractivity contribution in [2.75, 3.05) is 33.2 Å². The Morgan fingerprint density at radius 3 is 2.83 bits per heavy atom. The Balaban J connectivity index is 2.25. The normalized spacial score (nSPS) is 19.9. The number of nitrogens with zero attached hydrogens (tertiary/aromatic N) is 2. The first-order chi connectivity index (χ1) is 8.55. The minimum Gasteiger partial charge on any atom is -0.326 e. The smallest absolute Gasteiger partial charge is 0.244 e. The van der Waals surface area contributed by atoms with Crippen molar-refractivity contribution in [1.82, 2.24) is 9.21 Å². The van der Waals surface area contributed by atoms with Crippen LogP contribution in [0.25, 0.3) is 0 Å². The van der Waals surface area contributed by atoms with E-state index in [2.05, 4.69) is 4.90 Å². The first-order valence-corrected chi connectivity index (χ1v) is 8.33. The third kappa shape index (κ3) is 2.75. The molecule has 0 bridgehead atoms. The van der Waals surface area contributed by atoms with Crippen molar-refractivity contribution in [3.63, 3.8) is 0 Å². The Labute approximate surface area is 112 Å². The van der Waals surface area contributed by atoms with Gasteiger partial charge in [-0.2, -0.15) is 4.31 Å². The van der Waals surface area contributed by atoms with Gasteiger partial charge in [0.25, 0.3) is 0 Å². The number of likely N-dealkylation sites (N-methyl/N-ethyl adjacent to an activating group) is 1. The van der Waals surface area contributed by atoms with E-state index in [9.17, 15) is 8.42 Å². The van der Waals surface area contributed by atoms with Gasteiger partial charge in [0.1, 0.15) is 0 Å². The van der Waals surface area contributed by atoms with Gasteiger partial charge in [0.05, 0.1) is 4.90 Å². The highest BCUT2D eigenvalue weighted by molar-refractivity contribution is 7.89. The zero-order valence-corrected chi connectivity index (χ0v) is 12.1. The second-order valence-electron chi connectivity index (χ2n) is 4.47. The highest BCUT2D eigenvalue weighted by Crippen LogP contribution is 2.25. The minimum absolute atomic E-state index is 0.278. The van der Waals surface area contributed by atoms with Crippen LogP contribution < -0.4 is 5.73 Å². The average molecular weight is 289 g/mol. The summed E-state index contributed by atoms with van der Waals surface area (Å²) in [5, 5.41) is 1.79. The minimum atomic E-state index is -3.37. The summed E-state index contributed by atoms with van der Waals surface area (Å²) in [6.07, 6.45) is 0.873. The van der Waals surface area contributed by atoms with Crippen LogP contribution in [0.3, 0.4) is 0 Å². The first kappa shape index (κ1) is 14.0. The molecule has 0 atom stereocenters. The molecule has 102 valence electrons. The summed E-state index contributed by atoms with van der Waals surface area (Å²) in [7, 11) is -1.35. The maximum atomic E-state index is 12.5. The van der Waals surface area contributed by atoms with E-state index in [4.69, 9.17) is 5.73 Å². The Morgan fingerprint density at radius 1 is 1.33 bits per heavy atom. The molecule has 18 heavy (non-hydrogen) atoms. The van der Waals surface area contributed by atoms with Gasteiger partial charge >= 0.3 is 0 Å². The SMILES string of the molecule is CN1CCCN(S(=O)(=O)c2ccsc2CN)CC1. The zero-order chi connectivity index (χ0) is 13.2. The largest absolute Gasteiger partial charge is 0.326 e. The molecule has 0 radical (unpaired) electrons. The highest BCUT2D eigenvalue weighted by atomic mass is 32.2. The van der Waals surface area contributed by atoms with Crippen molar-refractivity contribution in [3.05, 3.63) is 16.3 Å². The second-order valence-corrected chi connectivity index (χ2v) is 7.38. The molecule has 7 heteroatoms. The molecule has 1 saturated heterocycles. The molecule has 0 spiro atoms. The number of sulfonamides is 1. The van der Waals surface area contributed by atoms with Gasteiger partial charge in [-0.05, 0) is 31.5 Å². The quantitative estimate of drug-likeness (QED) is 0.881. The standard InChI is InChI=1S/C11H19N3O2S2/c1-13-4-2-5-14(7-6-13)18(15,16)11-3-8-17-10(11)9-12/h3,8H,2,4-7,9,12H2,1H3. The van der Waals surface area contributed by atoms with E-state index in [1.165, 1.54) is 11.3 Å². The van der Waals surface area contributed by atoms with Gasteiger partial charge in [-0.3, -0.25) is 0 Å². The van der Waals surface area contributed by atoms with Crippen LogP contribution in [0, 0.1) is 0 Å². The van der Waals surface area contributed by atoms with Crippen LogP contribution in [0.15, 0.2) is 16.3 Å². The van der Waals surface area contributed by atoms with Gasteiger partial charge < -0.3 is 10.6 Å². The van der Waals surface area contributed by atoms with E-state index in [1.54, 1.807) is 15.8 Å². The predicted molar refractivity (Wildman–Crippen MR) is 73.1 cm³/mol. The van der Waals surface area contributed by atoms with Crippen LogP contribution in [-0.2, 0) is 16.6 Å². The van der Waals surface area contributed by atoms with Crippen LogP contribution in [0.4, 0.5) is 0 Å². The molecule has 0 amide bonds. The predicted octanol–water partition coefficient (Wildman–Crippen LogP) is 0.533. The summed E-state index contributed by atoms with van der Waals surface area (Å²) in [5.41, 5.74) is 5.59. The molecular formula is C11H19N3O2S2. The molecule has 2 heterocycles. The van der Waals surface area contributed by atoms with E-state index in [1.807, 2.05) is 7.05 Å². The summed E-state index contributed by atoms with van der Waals surface area (Å²) in [6.45, 7) is 3.14. The molecule has 2 rings (SSSR count). The molecular weight excluding hydrogens is 270 g/mol. The van der Waals surface area contributed by atoms with E-state index in [0.29, 0.717) is 18.0 Å². The summed E-state index contributed by atoms with van der Waals surface area (Å²) >= 11 is 1.40. The van der Waals surface area contributed by atoms with Gasteiger partial charge in [0.15, 0.2) is 0 Å². The van der Waals surface area contributed by atoms with E-state index in [-0.39, 0.29) is 6.54 Å². The van der Waals surface area contributed by atoms with E-state index in [0.717, 1.165) is 24.4 Å². The van der Waals surface area contributed by atoms with Gasteiger partial charge in [0, 0.05) is 31.1 Å². The lowest BCUT2D eigenvalue weighted by Crippen LogP contribution is -2.34. The maximum Gasteiger partial charge on any atom is 0.244 e. The van der Waals surface area contributed by atoms with E-state index < -0.39 is 10.0 Å². The van der Waals surface area contributed by atoms with Crippen molar-refractivity contribution in [2.45, 2.75) is 17.9 Å². The molecule has 5 nitrogen and oxygen atoms in total. The number of hydrogen-bond acceptors (Lipinski definition) is 5. The third-order valence-corrected chi connectivity index (χ3v) is 6.24. The zero-order valence-electron chi connectivity index (χ0n) is 10.5. The molecule has 0 aromatic carbocycles. The Bertz CT molecular complexity index is 498. The lowest BCUT2D eigenvalue weighted by atomic mass is 10.4. The molecule has 1 fully saturated rings. The Morgan fingerprint density at radius 2 is 2.11 bits per heavy atom. The van der Waals surface area contributed by atoms with Gasteiger partial charge in [-0.15, -0.1) is 11.3 Å². The van der Waals surface area contributed by atoms with Crippen molar-refractivity contribution in [3.8, 4) is 0 Å². The molecule has 0 aliphatic carbocycles. The Kier molecular flexibility index (Phi) is 4.39. The fourth-order valence-electron chi connectivity index (χ4n) is 2.11. The fourth-order valence-corrected chi connectivity index (χ4v) is 4.89. The maximum absolute atomic E-state index is 12.5. The van der Waals surface area contributed by atoms with Crippen LogP contribution in [0.5, 0.6) is 0 Å². The highest BCUT2D eigenvalue weighted by Gasteiger charge is 2.28. The number of hydrogen-bond donors (Lipinski definition) is 1. The summed E-state index contributed by atoms with van der Waals surface area (Å²) in [5.74, 6) is 0. The summed E-state index contributed by atoms with van der Waals surface area (Å²) < 4.78 is 26.7. The monoisotopic (exact) mass is 289 g/mol. The fraction of sp³-hybridized carbons (Fsp3) is 0.636. The van der Waals surface area contributed by atoms with Crippen LogP contribution in [0.2, 0.25) is 0 Å². The molecule has 0 saturated carbocycles. The summed E-state index contributed by atoms with van der Waals surface area (Å²) in [4.78, 5) is 3.29. The van der Waals surface area contributed by atoms with Gasteiger partial charge in [-0.25, -0.2) is 8.42 Å². The number of nitrogens with two attached hydrogens (primary N) is 1. The van der Waals surface area contributed by atoms with Crippen molar-refractivity contribution >= 4 is 21.4 Å². The topological polar surface area (TPSA) is 66.6 Å². The van der Waals surface area contributed by atoms with Crippen molar-refractivity contribution in [1.29, 1.82) is 0 Å². The molecule has 1 aromatic heterocycles. The van der Waals surface area contributed by atoms with Crippen LogP contribution in [0.1, 0.15) is 11.3 Å². The molecule has 0 unspecified atom stereocenters. The van der Waals surface area contributed by atoms with Crippen molar-refractivity contribution in [2.24, 2.45) is 5.73 Å². The lowest BCUT2D eigenvalue weighted by molar-refractivity contribution is 0.347. The van der Waals surface area contributed by atoms with Crippen molar-refractivity contribution < 1.29 is 8.42 Å². The van der Waals surface area contributed by atoms with Gasteiger partial charge in [-0.1, -0.05) is 0 Å². The molecule has 1 aliphatic heterocycles. The lowest BCUT2D eigenvalue weighted by Gasteiger charge is -2.20. The molecule has 2 N–H and O–H groups in total. The number of thiophene rings is 1. The average Bonchev–Trinajstić information content (AvgIpc) is 2.72. The summed E-state index contributed by atoms with van der Waals surface area (Å²) in [6, 6.07) is 1.66. The van der Waals surface area contributed by atoms with Gasteiger partial charge in [0.2, 0.25) is 10.0 Å². The van der Waals surface area contributed by atoms with E-state index >= 15 is 0 Å². The van der Waals surface area contributed by atoms with Crippen LogP contribution >= 0.6 is 11.3 Å².